The summed E-state index contributed by atoms with van der Waals surface area (Å²) in [7, 11) is 1.58. The smallest absolute Gasteiger partial charge is 0.329 e. The summed E-state index contributed by atoms with van der Waals surface area (Å²) in [5.41, 5.74) is 1.32. The molecule has 0 aliphatic heterocycles. The van der Waals surface area contributed by atoms with Gasteiger partial charge in [0, 0.05) is 6.07 Å². The SMILES string of the molecule is COc1ccc(-c2coc3cc(OC(=O)C(C)Cl)ccc3c2=O)cc1. The third-order valence-corrected chi connectivity index (χ3v) is 3.87. The molecule has 0 saturated heterocycles. The van der Waals surface area contributed by atoms with Gasteiger partial charge in [0.15, 0.2) is 5.43 Å². The second-order valence-corrected chi connectivity index (χ2v) is 6.06. The first-order valence-electron chi connectivity index (χ1n) is 7.55. The van der Waals surface area contributed by atoms with Gasteiger partial charge in [-0.2, -0.15) is 0 Å². The number of halogens is 1. The maximum absolute atomic E-state index is 12.7. The van der Waals surface area contributed by atoms with Gasteiger partial charge in [-0.3, -0.25) is 9.59 Å². The summed E-state index contributed by atoms with van der Waals surface area (Å²) in [6, 6.07) is 11.7. The van der Waals surface area contributed by atoms with Crippen LogP contribution < -0.4 is 14.9 Å². The first-order chi connectivity index (χ1) is 12.0. The summed E-state index contributed by atoms with van der Waals surface area (Å²) in [6.07, 6.45) is 1.39. The number of benzene rings is 2. The molecule has 1 heterocycles. The van der Waals surface area contributed by atoms with E-state index in [4.69, 9.17) is 25.5 Å². The standard InChI is InChI=1S/C19H15ClO5/c1-11(20)19(22)25-14-7-8-15-17(9-14)24-10-16(18(15)21)12-3-5-13(23-2)6-4-12/h3-11H,1-2H3. The minimum absolute atomic E-state index is 0.171. The Hall–Kier alpha value is -2.79. The topological polar surface area (TPSA) is 65.7 Å². The Morgan fingerprint density at radius 3 is 2.44 bits per heavy atom. The van der Waals surface area contributed by atoms with Gasteiger partial charge in [-0.05, 0) is 36.8 Å². The van der Waals surface area contributed by atoms with Crippen molar-refractivity contribution in [2.75, 3.05) is 7.11 Å². The molecule has 0 spiro atoms. The normalized spacial score (nSPS) is 12.0. The number of ether oxygens (including phenoxy) is 2. The third-order valence-electron chi connectivity index (χ3n) is 3.69. The monoisotopic (exact) mass is 358 g/mol. The zero-order chi connectivity index (χ0) is 18.0. The van der Waals surface area contributed by atoms with Crippen LogP contribution in [0.15, 0.2) is 57.9 Å². The first kappa shape index (κ1) is 17.0. The minimum atomic E-state index is -0.764. The van der Waals surface area contributed by atoms with E-state index in [1.165, 1.54) is 25.3 Å². The van der Waals surface area contributed by atoms with Crippen LogP contribution in [0.3, 0.4) is 0 Å². The fraction of sp³-hybridized carbons (Fsp3) is 0.158. The van der Waals surface area contributed by atoms with Gasteiger partial charge in [-0.25, -0.2) is 0 Å². The lowest BCUT2D eigenvalue weighted by Gasteiger charge is -2.07. The Morgan fingerprint density at radius 2 is 1.80 bits per heavy atom. The molecule has 2 aromatic carbocycles. The molecule has 6 heteroatoms. The maximum Gasteiger partial charge on any atom is 0.329 e. The van der Waals surface area contributed by atoms with Crippen LogP contribution in [-0.2, 0) is 4.79 Å². The van der Waals surface area contributed by atoms with E-state index in [1.807, 2.05) is 0 Å². The lowest BCUT2D eigenvalue weighted by atomic mass is 10.1. The van der Waals surface area contributed by atoms with Crippen LogP contribution in [0, 0.1) is 0 Å². The van der Waals surface area contributed by atoms with Gasteiger partial charge < -0.3 is 13.9 Å². The lowest BCUT2D eigenvalue weighted by Crippen LogP contribution is -2.17. The molecule has 0 fully saturated rings. The lowest BCUT2D eigenvalue weighted by molar-refractivity contribution is -0.133. The number of methoxy groups -OCH3 is 1. The van der Waals surface area contributed by atoms with Gasteiger partial charge in [-0.15, -0.1) is 11.6 Å². The van der Waals surface area contributed by atoms with E-state index in [1.54, 1.807) is 37.4 Å². The van der Waals surface area contributed by atoms with E-state index in [0.717, 1.165) is 5.56 Å². The first-order valence-corrected chi connectivity index (χ1v) is 7.99. The molecule has 3 aromatic rings. The summed E-state index contributed by atoms with van der Waals surface area (Å²) in [4.78, 5) is 24.3. The van der Waals surface area contributed by atoms with E-state index in [0.29, 0.717) is 22.3 Å². The van der Waals surface area contributed by atoms with E-state index < -0.39 is 11.3 Å². The third kappa shape index (κ3) is 3.51. The minimum Gasteiger partial charge on any atom is -0.497 e. The highest BCUT2D eigenvalue weighted by atomic mass is 35.5. The highest BCUT2D eigenvalue weighted by Gasteiger charge is 2.14. The van der Waals surface area contributed by atoms with Crippen molar-refractivity contribution in [2.45, 2.75) is 12.3 Å². The largest absolute Gasteiger partial charge is 0.497 e. The summed E-state index contributed by atoms with van der Waals surface area (Å²) < 4.78 is 15.8. The summed E-state index contributed by atoms with van der Waals surface area (Å²) in [6.45, 7) is 1.52. The summed E-state index contributed by atoms with van der Waals surface area (Å²) >= 11 is 5.67. The number of hydrogen-bond donors (Lipinski definition) is 0. The van der Waals surface area contributed by atoms with Crippen molar-refractivity contribution in [3.63, 3.8) is 0 Å². The van der Waals surface area contributed by atoms with Crippen molar-refractivity contribution in [3.8, 4) is 22.6 Å². The number of fused-ring (bicyclic) bond motifs is 1. The molecule has 0 aliphatic rings. The maximum atomic E-state index is 12.7. The molecule has 128 valence electrons. The number of hydrogen-bond acceptors (Lipinski definition) is 5. The molecule has 3 rings (SSSR count). The molecular formula is C19H15ClO5. The van der Waals surface area contributed by atoms with Crippen molar-refractivity contribution in [2.24, 2.45) is 0 Å². The van der Waals surface area contributed by atoms with Crippen LogP contribution in [-0.4, -0.2) is 18.5 Å². The summed E-state index contributed by atoms with van der Waals surface area (Å²) in [5.74, 6) is 0.400. The molecule has 0 N–H and O–H groups in total. The summed E-state index contributed by atoms with van der Waals surface area (Å²) in [5, 5.41) is -0.368. The van der Waals surface area contributed by atoms with Gasteiger partial charge in [0.25, 0.3) is 0 Å². The number of carbonyl (C=O) groups excluding carboxylic acids is 1. The molecule has 1 atom stereocenters. The second kappa shape index (κ2) is 6.99. The molecule has 25 heavy (non-hydrogen) atoms. The van der Waals surface area contributed by atoms with Crippen molar-refractivity contribution in [1.82, 2.24) is 0 Å². The predicted molar refractivity (Wildman–Crippen MR) is 95.4 cm³/mol. The average molecular weight is 359 g/mol. The second-order valence-electron chi connectivity index (χ2n) is 5.40. The quantitative estimate of drug-likeness (QED) is 0.400. The van der Waals surface area contributed by atoms with Gasteiger partial charge in [0.05, 0.1) is 18.1 Å². The van der Waals surface area contributed by atoms with Crippen LogP contribution in [0.2, 0.25) is 0 Å². The molecule has 0 radical (unpaired) electrons. The van der Waals surface area contributed by atoms with Crippen molar-refractivity contribution < 1.29 is 18.7 Å². The highest BCUT2D eigenvalue weighted by Crippen LogP contribution is 2.24. The van der Waals surface area contributed by atoms with Crippen molar-refractivity contribution >= 4 is 28.5 Å². The van der Waals surface area contributed by atoms with Crippen LogP contribution >= 0.6 is 11.6 Å². The Bertz CT molecular complexity index is 973. The molecule has 1 unspecified atom stereocenters. The van der Waals surface area contributed by atoms with Crippen molar-refractivity contribution in [1.29, 1.82) is 0 Å². The van der Waals surface area contributed by atoms with Crippen LogP contribution in [0.1, 0.15) is 6.92 Å². The Balaban J connectivity index is 2.00. The van der Waals surface area contributed by atoms with E-state index in [9.17, 15) is 9.59 Å². The van der Waals surface area contributed by atoms with Crippen molar-refractivity contribution in [3.05, 3.63) is 59.0 Å². The molecule has 0 aliphatic carbocycles. The molecule has 0 amide bonds. The Kier molecular flexibility index (Phi) is 4.76. The zero-order valence-corrected chi connectivity index (χ0v) is 14.4. The van der Waals surface area contributed by atoms with E-state index >= 15 is 0 Å². The van der Waals surface area contributed by atoms with E-state index in [2.05, 4.69) is 0 Å². The molecule has 0 bridgehead atoms. The molecule has 5 nitrogen and oxygen atoms in total. The average Bonchev–Trinajstić information content (AvgIpc) is 2.62. The Morgan fingerprint density at radius 1 is 1.12 bits per heavy atom. The number of carbonyl (C=O) groups is 1. The van der Waals surface area contributed by atoms with Gasteiger partial charge in [-0.1, -0.05) is 12.1 Å². The van der Waals surface area contributed by atoms with Gasteiger partial charge in [0.2, 0.25) is 0 Å². The Labute approximate surface area is 148 Å². The molecule has 1 aromatic heterocycles. The molecule has 0 saturated carbocycles. The van der Waals surface area contributed by atoms with Crippen LogP contribution in [0.4, 0.5) is 0 Å². The predicted octanol–water partition coefficient (Wildman–Crippen LogP) is 4.00. The highest BCUT2D eigenvalue weighted by molar-refractivity contribution is 6.29. The van der Waals surface area contributed by atoms with Crippen LogP contribution in [0.25, 0.3) is 22.1 Å². The number of esters is 1. The van der Waals surface area contributed by atoms with Gasteiger partial charge in [0.1, 0.15) is 28.7 Å². The van der Waals surface area contributed by atoms with Crippen LogP contribution in [0.5, 0.6) is 11.5 Å². The fourth-order valence-electron chi connectivity index (χ4n) is 2.34. The molecular weight excluding hydrogens is 344 g/mol. The van der Waals surface area contributed by atoms with Gasteiger partial charge >= 0.3 is 5.97 Å². The number of alkyl halides is 1. The van der Waals surface area contributed by atoms with E-state index in [-0.39, 0.29) is 11.2 Å². The zero-order valence-electron chi connectivity index (χ0n) is 13.6. The fourth-order valence-corrected chi connectivity index (χ4v) is 2.38. The number of rotatable bonds is 4.